The fraction of sp³-hybridized carbons (Fsp3) is 0.250. The van der Waals surface area contributed by atoms with E-state index in [1.54, 1.807) is 24.3 Å². The number of amides is 3. The SMILES string of the molecule is CNS(=O)(=O)c1ccc(-c2ccc3c(c2)CN(C2CCC(=O)NC2=O)C3=O)cc1. The summed E-state index contributed by atoms with van der Waals surface area (Å²) in [6.07, 6.45) is 0.530. The number of carbonyl (C=O) groups is 3. The first-order valence-electron chi connectivity index (χ1n) is 9.12. The molecule has 9 heteroatoms. The molecule has 4 rings (SSSR count). The number of imide groups is 1. The quantitative estimate of drug-likeness (QED) is 0.727. The van der Waals surface area contributed by atoms with Gasteiger partial charge in [-0.1, -0.05) is 18.2 Å². The van der Waals surface area contributed by atoms with E-state index in [4.69, 9.17) is 0 Å². The van der Waals surface area contributed by atoms with Crippen LogP contribution in [0.5, 0.6) is 0 Å². The average Bonchev–Trinajstić information content (AvgIpc) is 3.04. The van der Waals surface area contributed by atoms with Crippen molar-refractivity contribution < 1.29 is 22.8 Å². The van der Waals surface area contributed by atoms with E-state index >= 15 is 0 Å². The highest BCUT2D eigenvalue weighted by molar-refractivity contribution is 7.89. The fourth-order valence-electron chi connectivity index (χ4n) is 3.70. The van der Waals surface area contributed by atoms with Crippen LogP contribution in [0.2, 0.25) is 0 Å². The molecule has 1 atom stereocenters. The molecule has 2 heterocycles. The molecule has 0 aliphatic carbocycles. The van der Waals surface area contributed by atoms with E-state index in [0.29, 0.717) is 18.5 Å². The Morgan fingerprint density at radius 1 is 1.03 bits per heavy atom. The molecule has 1 unspecified atom stereocenters. The second-order valence-electron chi connectivity index (χ2n) is 7.00. The van der Waals surface area contributed by atoms with E-state index < -0.39 is 22.0 Å². The summed E-state index contributed by atoms with van der Waals surface area (Å²) in [6.45, 7) is 0.292. The van der Waals surface area contributed by atoms with Crippen molar-refractivity contribution in [2.24, 2.45) is 0 Å². The number of hydrogen-bond acceptors (Lipinski definition) is 5. The van der Waals surface area contributed by atoms with Gasteiger partial charge in [0.1, 0.15) is 6.04 Å². The third-order valence-electron chi connectivity index (χ3n) is 5.29. The largest absolute Gasteiger partial charge is 0.322 e. The highest BCUT2D eigenvalue weighted by Gasteiger charge is 2.39. The van der Waals surface area contributed by atoms with Crippen molar-refractivity contribution in [3.63, 3.8) is 0 Å². The molecule has 2 aliphatic rings. The van der Waals surface area contributed by atoms with Gasteiger partial charge < -0.3 is 4.90 Å². The van der Waals surface area contributed by atoms with E-state index in [1.807, 2.05) is 6.07 Å². The van der Waals surface area contributed by atoms with Gasteiger partial charge in [0.25, 0.3) is 5.91 Å². The van der Waals surface area contributed by atoms with E-state index in [-0.39, 0.29) is 23.1 Å². The van der Waals surface area contributed by atoms with Crippen LogP contribution in [-0.2, 0) is 26.2 Å². The summed E-state index contributed by atoms with van der Waals surface area (Å²) >= 11 is 0. The van der Waals surface area contributed by atoms with Crippen molar-refractivity contribution in [1.82, 2.24) is 14.9 Å². The summed E-state index contributed by atoms with van der Waals surface area (Å²) in [7, 11) is -2.15. The van der Waals surface area contributed by atoms with Crippen molar-refractivity contribution in [3.05, 3.63) is 53.6 Å². The van der Waals surface area contributed by atoms with Crippen LogP contribution < -0.4 is 10.0 Å². The summed E-state index contributed by atoms with van der Waals surface area (Å²) in [5.74, 6) is -0.984. The van der Waals surface area contributed by atoms with Crippen LogP contribution in [0.25, 0.3) is 11.1 Å². The molecule has 2 aromatic rings. The molecular weight excluding hydrogens is 394 g/mol. The highest BCUT2D eigenvalue weighted by atomic mass is 32.2. The number of piperidine rings is 1. The summed E-state index contributed by atoms with van der Waals surface area (Å²) < 4.78 is 26.0. The monoisotopic (exact) mass is 413 g/mol. The lowest BCUT2D eigenvalue weighted by molar-refractivity contribution is -0.136. The van der Waals surface area contributed by atoms with Crippen LogP contribution in [0.3, 0.4) is 0 Å². The van der Waals surface area contributed by atoms with Gasteiger partial charge in [-0.05, 0) is 54.4 Å². The molecule has 3 amide bonds. The van der Waals surface area contributed by atoms with E-state index in [2.05, 4.69) is 10.0 Å². The van der Waals surface area contributed by atoms with E-state index in [1.165, 1.54) is 24.1 Å². The fourth-order valence-corrected chi connectivity index (χ4v) is 4.43. The minimum Gasteiger partial charge on any atom is -0.322 e. The Hall–Kier alpha value is -3.04. The van der Waals surface area contributed by atoms with Crippen LogP contribution in [0.4, 0.5) is 0 Å². The summed E-state index contributed by atoms with van der Waals surface area (Å²) in [5, 5.41) is 2.29. The second-order valence-corrected chi connectivity index (χ2v) is 8.89. The standard InChI is InChI=1S/C20H19N3O5S/c1-21-29(27,28)15-5-2-12(3-6-15)13-4-7-16-14(10-13)11-23(20(16)26)17-8-9-18(24)22-19(17)25/h2-7,10,17,21H,8-9,11H2,1H3,(H,22,24,25). The molecule has 8 nitrogen and oxygen atoms in total. The molecule has 0 aromatic heterocycles. The molecule has 1 saturated heterocycles. The molecule has 0 saturated carbocycles. The zero-order valence-electron chi connectivity index (χ0n) is 15.6. The lowest BCUT2D eigenvalue weighted by Gasteiger charge is -2.29. The zero-order valence-corrected chi connectivity index (χ0v) is 16.5. The Morgan fingerprint density at radius 2 is 1.72 bits per heavy atom. The summed E-state index contributed by atoms with van der Waals surface area (Å²) in [4.78, 5) is 37.9. The molecule has 1 fully saturated rings. The molecule has 0 radical (unpaired) electrons. The number of benzene rings is 2. The topological polar surface area (TPSA) is 113 Å². The third-order valence-corrected chi connectivity index (χ3v) is 6.72. The predicted molar refractivity (Wildman–Crippen MR) is 104 cm³/mol. The zero-order chi connectivity index (χ0) is 20.8. The van der Waals surface area contributed by atoms with Gasteiger partial charge in [-0.2, -0.15) is 0 Å². The summed E-state index contributed by atoms with van der Waals surface area (Å²) in [5.41, 5.74) is 2.99. The van der Waals surface area contributed by atoms with Gasteiger partial charge in [0, 0.05) is 18.5 Å². The van der Waals surface area contributed by atoms with Crippen molar-refractivity contribution in [2.45, 2.75) is 30.3 Å². The second kappa shape index (κ2) is 7.09. The number of sulfonamides is 1. The normalized spacial score (nSPS) is 19.3. The van der Waals surface area contributed by atoms with Crippen molar-refractivity contribution in [3.8, 4) is 11.1 Å². The van der Waals surface area contributed by atoms with Gasteiger partial charge in [0.15, 0.2) is 0 Å². The first kappa shape index (κ1) is 19.3. The van der Waals surface area contributed by atoms with Crippen LogP contribution in [0.15, 0.2) is 47.4 Å². The maximum absolute atomic E-state index is 12.7. The first-order valence-corrected chi connectivity index (χ1v) is 10.6. The van der Waals surface area contributed by atoms with Crippen molar-refractivity contribution >= 4 is 27.7 Å². The maximum atomic E-state index is 12.7. The molecular formula is C20H19N3O5S. The first-order chi connectivity index (χ1) is 13.8. The van der Waals surface area contributed by atoms with Crippen LogP contribution in [0, 0.1) is 0 Å². The van der Waals surface area contributed by atoms with Gasteiger partial charge in [0.05, 0.1) is 4.90 Å². The van der Waals surface area contributed by atoms with Gasteiger partial charge in [-0.3, -0.25) is 19.7 Å². The van der Waals surface area contributed by atoms with Crippen LogP contribution >= 0.6 is 0 Å². The molecule has 2 aliphatic heterocycles. The smallest absolute Gasteiger partial charge is 0.255 e. The van der Waals surface area contributed by atoms with Crippen molar-refractivity contribution in [2.75, 3.05) is 7.05 Å². The number of nitrogens with zero attached hydrogens (tertiary/aromatic N) is 1. The Morgan fingerprint density at radius 3 is 2.38 bits per heavy atom. The van der Waals surface area contributed by atoms with Crippen molar-refractivity contribution in [1.29, 1.82) is 0 Å². The lowest BCUT2D eigenvalue weighted by atomic mass is 10.0. The molecule has 2 N–H and O–H groups in total. The average molecular weight is 413 g/mol. The molecule has 0 spiro atoms. The minimum atomic E-state index is -3.51. The number of rotatable bonds is 4. The number of nitrogens with one attached hydrogen (secondary N) is 2. The minimum absolute atomic E-state index is 0.170. The van der Waals surface area contributed by atoms with Crippen LogP contribution in [0.1, 0.15) is 28.8 Å². The molecule has 2 aromatic carbocycles. The number of carbonyl (C=O) groups excluding carboxylic acids is 3. The predicted octanol–water partition coefficient (Wildman–Crippen LogP) is 1.02. The summed E-state index contributed by atoms with van der Waals surface area (Å²) in [6, 6.07) is 11.2. The lowest BCUT2D eigenvalue weighted by Crippen LogP contribution is -2.52. The Bertz CT molecular complexity index is 1130. The van der Waals surface area contributed by atoms with E-state index in [9.17, 15) is 22.8 Å². The van der Waals surface area contributed by atoms with E-state index in [0.717, 1.165) is 16.7 Å². The van der Waals surface area contributed by atoms with Crippen LogP contribution in [-0.4, -0.2) is 44.1 Å². The van der Waals surface area contributed by atoms with Gasteiger partial charge in [-0.15, -0.1) is 0 Å². The maximum Gasteiger partial charge on any atom is 0.255 e. The third kappa shape index (κ3) is 3.43. The molecule has 0 bridgehead atoms. The molecule has 29 heavy (non-hydrogen) atoms. The Balaban J connectivity index is 1.59. The van der Waals surface area contributed by atoms with Gasteiger partial charge in [0.2, 0.25) is 21.8 Å². The molecule has 150 valence electrons. The number of fused-ring (bicyclic) bond motifs is 1. The number of hydrogen-bond donors (Lipinski definition) is 2. The Kier molecular flexibility index (Phi) is 4.71. The highest BCUT2D eigenvalue weighted by Crippen LogP contribution is 2.31. The Labute approximate surface area is 168 Å². The van der Waals surface area contributed by atoms with Gasteiger partial charge >= 0.3 is 0 Å². The van der Waals surface area contributed by atoms with Gasteiger partial charge in [-0.25, -0.2) is 13.1 Å².